The van der Waals surface area contributed by atoms with Gasteiger partial charge in [0.15, 0.2) is 5.78 Å². The molecule has 4 rings (SSSR count). The molecule has 3 atom stereocenters. The minimum Gasteiger partial charge on any atom is -0.490 e. The van der Waals surface area contributed by atoms with Gasteiger partial charge in [-0.25, -0.2) is 4.39 Å². The van der Waals surface area contributed by atoms with Crippen molar-refractivity contribution in [3.8, 4) is 0 Å². The topological polar surface area (TPSA) is 67.9 Å². The Morgan fingerprint density at radius 2 is 2.00 bits per heavy atom. The summed E-state index contributed by atoms with van der Waals surface area (Å²) in [5.74, 6) is 0.0119. The summed E-state index contributed by atoms with van der Waals surface area (Å²) in [4.78, 5) is 26.4. The number of urea groups is 1. The number of rotatable bonds is 4. The van der Waals surface area contributed by atoms with E-state index in [4.69, 9.17) is 9.47 Å². The molecule has 2 amide bonds. The molecule has 3 unspecified atom stereocenters. The van der Waals surface area contributed by atoms with Crippen molar-refractivity contribution in [3.05, 3.63) is 42.9 Å². The molecular weight excluding hydrogens is 488 g/mol. The zero-order chi connectivity index (χ0) is 21.8. The smallest absolute Gasteiger partial charge is 0.288 e. The SMILES string of the molecule is [CH2-]NC(=O)N1CCCC2(COC(F)C(=O)C2)C1COC1CCC(c2ccccc2)CC1.[HH].[HH].[Y]. The van der Waals surface area contributed by atoms with Crippen LogP contribution in [0.5, 0.6) is 0 Å². The summed E-state index contributed by atoms with van der Waals surface area (Å²) in [5.41, 5.74) is 0.773. The largest absolute Gasteiger partial charge is 0.490 e. The van der Waals surface area contributed by atoms with Gasteiger partial charge in [0, 0.05) is 53.9 Å². The van der Waals surface area contributed by atoms with E-state index in [2.05, 4.69) is 36.6 Å². The Balaban J connectivity index is 0.00000193. The summed E-state index contributed by atoms with van der Waals surface area (Å²) in [6.07, 6.45) is 3.84. The Morgan fingerprint density at radius 3 is 2.66 bits per heavy atom. The fourth-order valence-corrected chi connectivity index (χ4v) is 5.57. The maximum absolute atomic E-state index is 13.7. The van der Waals surface area contributed by atoms with E-state index in [9.17, 15) is 14.0 Å². The number of Topliss-reactive ketones (excluding diaryl/α,β-unsaturated/α-hetero) is 1. The van der Waals surface area contributed by atoms with Crippen LogP contribution >= 0.6 is 0 Å². The first-order valence-electron chi connectivity index (χ1n) is 11.3. The van der Waals surface area contributed by atoms with Crippen LogP contribution in [0.2, 0.25) is 0 Å². The van der Waals surface area contributed by atoms with Gasteiger partial charge in [0.1, 0.15) is 0 Å². The van der Waals surface area contributed by atoms with Crippen molar-refractivity contribution in [3.63, 3.8) is 0 Å². The number of likely N-dealkylation sites (tertiary alicyclic amines) is 1. The van der Waals surface area contributed by atoms with Crippen LogP contribution < -0.4 is 5.32 Å². The number of hydrogen-bond donors (Lipinski definition) is 1. The Bertz CT molecular complexity index is 785. The minimum atomic E-state index is -1.86. The molecule has 3 fully saturated rings. The van der Waals surface area contributed by atoms with Gasteiger partial charge in [-0.1, -0.05) is 30.3 Å². The van der Waals surface area contributed by atoms with E-state index in [0.29, 0.717) is 25.5 Å². The van der Waals surface area contributed by atoms with Crippen molar-refractivity contribution in [2.45, 2.75) is 69.4 Å². The molecule has 1 N–H and O–H groups in total. The standard InChI is InChI=1S/C24H32FN2O4.Y.2H2/c1-26-23(29)27-13-5-12-24(14-20(28)22(25)31-16-24)21(27)15-30-19-10-8-18(9-11-19)17-6-3-2-4-7-17;;;/h2-4,6-7,18-19,21-22H,1,5,8-16H2,(H,26,29);;2*1H/q-1;;;. The Hall–Kier alpha value is -0.886. The predicted molar refractivity (Wildman–Crippen MR) is 118 cm³/mol. The van der Waals surface area contributed by atoms with Crippen LogP contribution in [0.15, 0.2) is 30.3 Å². The van der Waals surface area contributed by atoms with Crippen LogP contribution in [0.25, 0.3) is 0 Å². The number of carbonyl (C=O) groups is 2. The van der Waals surface area contributed by atoms with Crippen molar-refractivity contribution in [2.75, 3.05) is 19.8 Å². The number of ketones is 1. The third-order valence-corrected chi connectivity index (χ3v) is 7.30. The number of halogens is 1. The van der Waals surface area contributed by atoms with Crippen LogP contribution in [0.1, 0.15) is 59.3 Å². The molecule has 0 bridgehead atoms. The Labute approximate surface area is 217 Å². The number of amides is 2. The van der Waals surface area contributed by atoms with E-state index >= 15 is 0 Å². The van der Waals surface area contributed by atoms with Gasteiger partial charge >= 0.3 is 0 Å². The third-order valence-electron chi connectivity index (χ3n) is 7.30. The number of benzene rings is 1. The molecule has 1 spiro atoms. The quantitative estimate of drug-likeness (QED) is 0.591. The third kappa shape index (κ3) is 5.60. The summed E-state index contributed by atoms with van der Waals surface area (Å²) < 4.78 is 25.2. The molecule has 1 saturated carbocycles. The second-order valence-corrected chi connectivity index (χ2v) is 9.14. The normalized spacial score (nSPS) is 32.9. The molecule has 1 aliphatic carbocycles. The maximum Gasteiger partial charge on any atom is 0.288 e. The molecular formula is C24H36FN2O4Y-. The van der Waals surface area contributed by atoms with Gasteiger partial charge in [0.2, 0.25) is 0 Å². The second-order valence-electron chi connectivity index (χ2n) is 9.14. The van der Waals surface area contributed by atoms with Gasteiger partial charge in [0.05, 0.1) is 25.4 Å². The molecule has 2 aliphatic heterocycles. The number of piperidine rings is 1. The first kappa shape index (κ1) is 25.7. The first-order chi connectivity index (χ1) is 15.0. The van der Waals surface area contributed by atoms with E-state index in [1.54, 1.807) is 4.90 Å². The van der Waals surface area contributed by atoms with Gasteiger partial charge in [-0.3, -0.25) is 16.6 Å². The predicted octanol–water partition coefficient (Wildman–Crippen LogP) is 4.46. The molecule has 8 heteroatoms. The van der Waals surface area contributed by atoms with Crippen molar-refractivity contribution < 1.29 is 59.0 Å². The monoisotopic (exact) mass is 524 g/mol. The molecule has 1 radical (unpaired) electrons. The van der Waals surface area contributed by atoms with E-state index in [1.807, 2.05) is 6.07 Å². The molecule has 32 heavy (non-hydrogen) atoms. The van der Waals surface area contributed by atoms with Gasteiger partial charge in [-0.15, -0.1) is 0 Å². The average molecular weight is 524 g/mol. The molecule has 1 aromatic carbocycles. The number of hydrogen-bond acceptors (Lipinski definition) is 4. The van der Waals surface area contributed by atoms with E-state index in [1.165, 1.54) is 5.56 Å². The van der Waals surface area contributed by atoms with Crippen molar-refractivity contribution in [2.24, 2.45) is 5.41 Å². The van der Waals surface area contributed by atoms with E-state index in [-0.39, 0.29) is 66.8 Å². The maximum atomic E-state index is 13.7. The zero-order valence-corrected chi connectivity index (χ0v) is 21.3. The number of carbonyl (C=O) groups excluding carboxylic acids is 2. The average Bonchev–Trinajstić information content (AvgIpc) is 2.81. The number of ether oxygens (including phenoxy) is 2. The van der Waals surface area contributed by atoms with Crippen molar-refractivity contribution in [1.82, 2.24) is 10.2 Å². The van der Waals surface area contributed by atoms with Gasteiger partial charge in [0.25, 0.3) is 12.4 Å². The number of alkyl halides is 1. The number of nitrogens with zero attached hydrogens (tertiary/aromatic N) is 1. The number of nitrogens with one attached hydrogen (secondary N) is 1. The van der Waals surface area contributed by atoms with Crippen LogP contribution in [-0.4, -0.2) is 55.0 Å². The van der Waals surface area contributed by atoms with Crippen molar-refractivity contribution >= 4 is 11.8 Å². The summed E-state index contributed by atoms with van der Waals surface area (Å²) in [7, 11) is 3.50. The fraction of sp³-hybridized carbons (Fsp3) is 0.625. The van der Waals surface area contributed by atoms with E-state index < -0.39 is 17.6 Å². The van der Waals surface area contributed by atoms with Crippen LogP contribution in [0, 0.1) is 12.5 Å². The molecule has 177 valence electrons. The molecule has 0 aromatic heterocycles. The summed E-state index contributed by atoms with van der Waals surface area (Å²) in [6.45, 7) is 1.00. The van der Waals surface area contributed by atoms with Crippen molar-refractivity contribution in [1.29, 1.82) is 0 Å². The fourth-order valence-electron chi connectivity index (χ4n) is 5.57. The first-order valence-corrected chi connectivity index (χ1v) is 11.3. The Morgan fingerprint density at radius 1 is 1.28 bits per heavy atom. The molecule has 1 aromatic rings. The Kier molecular flexibility index (Phi) is 9.25. The van der Waals surface area contributed by atoms with Gasteiger partial charge in [-0.2, -0.15) is 0 Å². The summed E-state index contributed by atoms with van der Waals surface area (Å²) >= 11 is 0. The van der Waals surface area contributed by atoms with Crippen LogP contribution in [0.3, 0.4) is 0 Å². The van der Waals surface area contributed by atoms with E-state index in [0.717, 1.165) is 32.1 Å². The molecule has 6 nitrogen and oxygen atoms in total. The summed E-state index contributed by atoms with van der Waals surface area (Å²) in [5, 5.41) is 2.45. The minimum absolute atomic E-state index is 0. The van der Waals surface area contributed by atoms with Gasteiger partial charge < -0.3 is 19.7 Å². The summed E-state index contributed by atoms with van der Waals surface area (Å²) in [6, 6.07) is 9.94. The molecule has 2 heterocycles. The molecule has 2 saturated heterocycles. The van der Waals surface area contributed by atoms with Crippen LogP contribution in [-0.2, 0) is 47.0 Å². The van der Waals surface area contributed by atoms with Gasteiger partial charge in [-0.05, 0) is 50.0 Å². The zero-order valence-electron chi connectivity index (χ0n) is 18.5. The van der Waals surface area contributed by atoms with Crippen LogP contribution in [0.4, 0.5) is 9.18 Å². The second kappa shape index (κ2) is 11.5. The molecule has 3 aliphatic rings.